The van der Waals surface area contributed by atoms with Crippen molar-refractivity contribution in [3.63, 3.8) is 0 Å². The normalized spacial score (nSPS) is 12.5. The second kappa shape index (κ2) is 14.2. The minimum atomic E-state index is -1.59. The Hall–Kier alpha value is -4.72. The Labute approximate surface area is 260 Å². The van der Waals surface area contributed by atoms with Gasteiger partial charge >= 0.3 is 5.97 Å². The Morgan fingerprint density at radius 2 is 1.75 bits per heavy atom. The minimum absolute atomic E-state index is 0.0566. The zero-order valence-electron chi connectivity index (χ0n) is 24.7. The molecule has 0 fully saturated rings. The van der Waals surface area contributed by atoms with Crippen molar-refractivity contribution in [1.82, 2.24) is 14.7 Å². The number of thioether (sulfide) groups is 1. The largest absolute Gasteiger partial charge is 0.462 e. The number of benzene rings is 3. The fraction of sp³-hybridized carbons (Fsp3) is 0.265. The summed E-state index contributed by atoms with van der Waals surface area (Å²) in [6.45, 7) is 7.27. The van der Waals surface area contributed by atoms with Gasteiger partial charge in [-0.3, -0.25) is 9.59 Å². The van der Waals surface area contributed by atoms with Crippen LogP contribution in [-0.4, -0.2) is 58.6 Å². The number of anilines is 1. The number of carbonyl (C=O) groups excluding carboxylic acids is 3. The number of ether oxygens (including phenoxy) is 1. The van der Waals surface area contributed by atoms with Crippen molar-refractivity contribution in [1.29, 1.82) is 5.26 Å². The number of aromatic nitrogens is 2. The molecule has 4 aromatic rings. The maximum absolute atomic E-state index is 13.8. The highest BCUT2D eigenvalue weighted by Gasteiger charge is 2.36. The van der Waals surface area contributed by atoms with E-state index in [-0.39, 0.29) is 5.69 Å². The van der Waals surface area contributed by atoms with Gasteiger partial charge in [0.25, 0.3) is 0 Å². The number of ketones is 1. The zero-order chi connectivity index (χ0) is 31.1. The number of hydrogen-bond acceptors (Lipinski definition) is 8. The van der Waals surface area contributed by atoms with Crippen LogP contribution in [0, 0.1) is 17.2 Å². The minimum Gasteiger partial charge on any atom is -0.462 e. The summed E-state index contributed by atoms with van der Waals surface area (Å²) in [6.07, 6.45) is 0.739. The van der Waals surface area contributed by atoms with E-state index in [0.29, 0.717) is 40.6 Å². The van der Waals surface area contributed by atoms with Crippen LogP contribution in [0.4, 0.5) is 5.69 Å². The molecule has 1 aliphatic heterocycles. The van der Waals surface area contributed by atoms with Gasteiger partial charge in [0.15, 0.2) is 5.92 Å². The maximum Gasteiger partial charge on any atom is 0.338 e. The molecule has 224 valence electrons. The number of carbonyl (C=O) groups is 3. The highest BCUT2D eigenvalue weighted by Crippen LogP contribution is 2.44. The van der Waals surface area contributed by atoms with E-state index in [9.17, 15) is 19.6 Å². The molecule has 5 rings (SSSR count). The van der Waals surface area contributed by atoms with Crippen LogP contribution in [-0.2, 0) is 15.3 Å². The smallest absolute Gasteiger partial charge is 0.338 e. The third kappa shape index (κ3) is 6.59. The van der Waals surface area contributed by atoms with E-state index in [4.69, 9.17) is 4.74 Å². The molecule has 9 nitrogen and oxygen atoms in total. The van der Waals surface area contributed by atoms with Crippen LogP contribution >= 0.6 is 11.8 Å². The fourth-order valence-corrected chi connectivity index (χ4v) is 6.17. The predicted octanol–water partition coefficient (Wildman–Crippen LogP) is 5.99. The molecule has 1 unspecified atom stereocenters. The molecule has 1 amide bonds. The fourth-order valence-electron chi connectivity index (χ4n) is 5.12. The summed E-state index contributed by atoms with van der Waals surface area (Å²) < 4.78 is 7.25. The lowest BCUT2D eigenvalue weighted by molar-refractivity contribution is -0.117. The monoisotopic (exact) mass is 607 g/mol. The molecule has 0 saturated carbocycles. The standard InChI is InChI=1S/C34H33N5O4S/c1-3-38(4-2)18-11-19-43-34(42)23-16-17-29-26(20-23)31-28(22-44-29)30(37-39(31)25-14-9-6-10-15-25)32(40)27(21-35)33(41)36-24-12-7-5-8-13-24/h5-10,12-17,20,27H,3-4,11,18-19,22H2,1-2H3,(H,36,41). The van der Waals surface area contributed by atoms with Crippen LogP contribution in [0.15, 0.2) is 83.8 Å². The molecule has 2 heterocycles. The summed E-state index contributed by atoms with van der Waals surface area (Å²) in [7, 11) is 0. The molecule has 0 radical (unpaired) electrons. The Morgan fingerprint density at radius 3 is 2.43 bits per heavy atom. The summed E-state index contributed by atoms with van der Waals surface area (Å²) in [6, 6.07) is 25.3. The molecule has 1 N–H and O–H groups in total. The Kier molecular flexibility index (Phi) is 9.89. The number of nitrogens with one attached hydrogen (secondary N) is 1. The van der Waals surface area contributed by atoms with Gasteiger partial charge < -0.3 is 15.0 Å². The Morgan fingerprint density at radius 1 is 1.05 bits per heavy atom. The first-order valence-corrected chi connectivity index (χ1v) is 15.6. The lowest BCUT2D eigenvalue weighted by atomic mass is 9.96. The van der Waals surface area contributed by atoms with Gasteiger partial charge in [-0.15, -0.1) is 11.8 Å². The highest BCUT2D eigenvalue weighted by atomic mass is 32.2. The van der Waals surface area contributed by atoms with Gasteiger partial charge in [-0.1, -0.05) is 50.2 Å². The number of rotatable bonds is 12. The van der Waals surface area contributed by atoms with Crippen molar-refractivity contribution in [2.24, 2.45) is 5.92 Å². The number of hydrogen-bond donors (Lipinski definition) is 1. The van der Waals surface area contributed by atoms with Gasteiger partial charge in [-0.2, -0.15) is 10.4 Å². The predicted molar refractivity (Wildman–Crippen MR) is 170 cm³/mol. The van der Waals surface area contributed by atoms with Gasteiger partial charge in [0.05, 0.1) is 29.6 Å². The third-order valence-electron chi connectivity index (χ3n) is 7.50. The number of nitrogens with zero attached hydrogens (tertiary/aromatic N) is 4. The number of para-hydroxylation sites is 2. The van der Waals surface area contributed by atoms with E-state index in [1.165, 1.54) is 11.8 Å². The van der Waals surface area contributed by atoms with Gasteiger partial charge in [-0.05, 0) is 62.0 Å². The number of esters is 1. The average molecular weight is 608 g/mol. The summed E-state index contributed by atoms with van der Waals surface area (Å²) in [5.41, 5.74) is 3.61. The number of nitriles is 1. The van der Waals surface area contributed by atoms with Crippen molar-refractivity contribution >= 4 is 35.1 Å². The summed E-state index contributed by atoms with van der Waals surface area (Å²) >= 11 is 1.51. The first-order chi connectivity index (χ1) is 21.4. The van der Waals surface area contributed by atoms with Crippen molar-refractivity contribution in [2.45, 2.75) is 30.9 Å². The molecule has 10 heteroatoms. The van der Waals surface area contributed by atoms with Crippen LogP contribution < -0.4 is 5.32 Å². The topological polar surface area (TPSA) is 117 Å². The SMILES string of the molecule is CCN(CC)CCCOC(=O)c1ccc2c(c1)-c1c(c(C(=O)C(C#N)C(=O)Nc3ccccc3)nn1-c1ccccc1)CS2. The van der Waals surface area contributed by atoms with Crippen molar-refractivity contribution in [2.75, 3.05) is 31.6 Å². The van der Waals surface area contributed by atoms with E-state index in [1.54, 1.807) is 47.1 Å². The number of fused-ring (bicyclic) bond motifs is 3. The number of amides is 1. The molecule has 1 atom stereocenters. The Balaban J connectivity index is 1.48. The highest BCUT2D eigenvalue weighted by molar-refractivity contribution is 7.98. The van der Waals surface area contributed by atoms with Crippen molar-refractivity contribution in [3.8, 4) is 23.0 Å². The molecule has 1 aromatic heterocycles. The van der Waals surface area contributed by atoms with Gasteiger partial charge in [0.1, 0.15) is 5.69 Å². The lowest BCUT2D eigenvalue weighted by Crippen LogP contribution is -2.29. The first-order valence-electron chi connectivity index (χ1n) is 14.6. The van der Waals surface area contributed by atoms with E-state index >= 15 is 0 Å². The third-order valence-corrected chi connectivity index (χ3v) is 8.60. The van der Waals surface area contributed by atoms with Crippen LogP contribution in [0.25, 0.3) is 16.9 Å². The molecular weight excluding hydrogens is 574 g/mol. The van der Waals surface area contributed by atoms with E-state index in [2.05, 4.69) is 29.2 Å². The average Bonchev–Trinajstić information content (AvgIpc) is 3.46. The second-order valence-corrected chi connectivity index (χ2v) is 11.2. The van der Waals surface area contributed by atoms with Crippen LogP contribution in [0.2, 0.25) is 0 Å². The van der Waals surface area contributed by atoms with Crippen LogP contribution in [0.1, 0.15) is 46.7 Å². The molecular formula is C34H33N5O4S. The molecule has 0 spiro atoms. The Bertz CT molecular complexity index is 1690. The quantitative estimate of drug-likeness (QED) is 0.0903. The lowest BCUT2D eigenvalue weighted by Gasteiger charge is -2.20. The van der Waals surface area contributed by atoms with Gasteiger partial charge in [-0.25, -0.2) is 9.48 Å². The first kappa shape index (κ1) is 30.7. The molecule has 44 heavy (non-hydrogen) atoms. The molecule has 0 saturated heterocycles. The molecule has 3 aromatic carbocycles. The zero-order valence-corrected chi connectivity index (χ0v) is 25.5. The molecule has 1 aliphatic rings. The molecule has 0 bridgehead atoms. The van der Waals surface area contributed by atoms with Gasteiger partial charge in [0, 0.05) is 34.0 Å². The van der Waals surface area contributed by atoms with E-state index < -0.39 is 23.6 Å². The second-order valence-electron chi connectivity index (χ2n) is 10.2. The van der Waals surface area contributed by atoms with Crippen molar-refractivity contribution in [3.05, 3.63) is 95.7 Å². The van der Waals surface area contributed by atoms with Gasteiger partial charge in [0.2, 0.25) is 11.7 Å². The number of Topliss-reactive ketones (excluding diaryl/α,β-unsaturated/α-hetero) is 1. The maximum atomic E-state index is 13.8. The summed E-state index contributed by atoms with van der Waals surface area (Å²) in [4.78, 5) is 43.1. The van der Waals surface area contributed by atoms with Crippen LogP contribution in [0.5, 0.6) is 0 Å². The molecule has 0 aliphatic carbocycles. The summed E-state index contributed by atoms with van der Waals surface area (Å²) in [5, 5.41) is 17.3. The van der Waals surface area contributed by atoms with Crippen molar-refractivity contribution < 1.29 is 19.1 Å². The summed E-state index contributed by atoms with van der Waals surface area (Å²) in [5.74, 6) is -3.01. The van der Waals surface area contributed by atoms with E-state index in [0.717, 1.165) is 36.5 Å². The van der Waals surface area contributed by atoms with Crippen LogP contribution in [0.3, 0.4) is 0 Å². The van der Waals surface area contributed by atoms with E-state index in [1.807, 2.05) is 42.5 Å².